The van der Waals surface area contributed by atoms with Gasteiger partial charge >= 0.3 is 0 Å². The van der Waals surface area contributed by atoms with Crippen molar-refractivity contribution in [3.8, 4) is 45.1 Å². The summed E-state index contributed by atoms with van der Waals surface area (Å²) < 4.78 is 11.0. The van der Waals surface area contributed by atoms with E-state index in [9.17, 15) is 0 Å². The Hall–Kier alpha value is -7.50. The van der Waals surface area contributed by atoms with Crippen LogP contribution >= 0.6 is 0 Å². The maximum absolute atomic E-state index is 6.27. The second-order valence-electron chi connectivity index (χ2n) is 14.2. The molecule has 0 bridgehead atoms. The molecule has 5 nitrogen and oxygen atoms in total. The van der Waals surface area contributed by atoms with E-state index in [1.807, 2.05) is 31.2 Å². The quantitative estimate of drug-likeness (QED) is 0.172. The maximum atomic E-state index is 6.27. The third-order valence-corrected chi connectivity index (χ3v) is 11.1. The van der Waals surface area contributed by atoms with E-state index in [0.29, 0.717) is 11.4 Å². The van der Waals surface area contributed by atoms with E-state index < -0.39 is 0 Å². The van der Waals surface area contributed by atoms with Gasteiger partial charge < -0.3 is 13.6 Å². The van der Waals surface area contributed by atoms with Crippen molar-refractivity contribution in [1.82, 2.24) is 19.1 Å². The molecule has 0 N–H and O–H groups in total. The molecule has 0 aliphatic rings. The molecule has 0 spiro atoms. The van der Waals surface area contributed by atoms with Crippen molar-refractivity contribution in [2.45, 2.75) is 6.92 Å². The minimum absolute atomic E-state index is 0.634. The first kappa shape index (κ1) is 32.0. The smallest absolute Gasteiger partial charge is 0.179 e. The molecule has 0 aliphatic heterocycles. The van der Waals surface area contributed by atoms with Crippen LogP contribution in [0.4, 0.5) is 0 Å². The Balaban J connectivity index is 1.16. The van der Waals surface area contributed by atoms with Crippen molar-refractivity contribution in [2.24, 2.45) is 0 Å². The van der Waals surface area contributed by atoms with Gasteiger partial charge in [0, 0.05) is 49.6 Å². The van der Waals surface area contributed by atoms with Crippen molar-refractivity contribution in [3.63, 3.8) is 0 Å². The highest BCUT2D eigenvalue weighted by Gasteiger charge is 2.21. The Bertz CT molecular complexity index is 3280. The number of nitrogens with zero attached hydrogens (tertiary/aromatic N) is 4. The van der Waals surface area contributed by atoms with Crippen molar-refractivity contribution in [1.29, 1.82) is 0 Å². The van der Waals surface area contributed by atoms with Gasteiger partial charge in [-0.25, -0.2) is 9.97 Å². The summed E-state index contributed by atoms with van der Waals surface area (Å²) in [4.78, 5) is 10.3. The molecular formula is C51H34N4O. The average molecular weight is 719 g/mol. The van der Waals surface area contributed by atoms with Crippen LogP contribution in [-0.2, 0) is 0 Å². The van der Waals surface area contributed by atoms with Gasteiger partial charge in [-0.2, -0.15) is 0 Å². The van der Waals surface area contributed by atoms with E-state index in [-0.39, 0.29) is 0 Å². The molecule has 7 aromatic carbocycles. The number of para-hydroxylation sites is 3. The number of aryl methyl sites for hydroxylation is 1. The number of hydrogen-bond acceptors (Lipinski definition) is 3. The van der Waals surface area contributed by atoms with Gasteiger partial charge in [0.25, 0.3) is 0 Å². The molecule has 11 rings (SSSR count). The summed E-state index contributed by atoms with van der Waals surface area (Å²) in [5.74, 6) is 1.41. The highest BCUT2D eigenvalue weighted by Crippen LogP contribution is 2.42. The second kappa shape index (κ2) is 12.5. The first-order valence-corrected chi connectivity index (χ1v) is 18.9. The van der Waals surface area contributed by atoms with E-state index in [0.717, 1.165) is 67.2 Å². The molecule has 4 aromatic heterocycles. The van der Waals surface area contributed by atoms with Crippen LogP contribution < -0.4 is 0 Å². The zero-order valence-electron chi connectivity index (χ0n) is 30.6. The van der Waals surface area contributed by atoms with Gasteiger partial charge in [-0.1, -0.05) is 128 Å². The minimum Gasteiger partial charge on any atom is -0.457 e. The van der Waals surface area contributed by atoms with Crippen LogP contribution in [0.25, 0.3) is 106 Å². The first-order chi connectivity index (χ1) is 27.7. The Morgan fingerprint density at radius 3 is 1.88 bits per heavy atom. The second-order valence-corrected chi connectivity index (χ2v) is 14.2. The SMILES string of the molecule is C=Cc1c(C)oc2c(-c3ccccc3)nc(-c3cccc(-c4cccc5c4c4cc(-n6c7ccccc7c7ccccc76)ccc4n5-c4ccccc4)c3)nc12. The predicted molar refractivity (Wildman–Crippen MR) is 232 cm³/mol. The molecule has 0 saturated carbocycles. The fourth-order valence-corrected chi connectivity index (χ4v) is 8.59. The highest BCUT2D eigenvalue weighted by atomic mass is 16.3. The van der Waals surface area contributed by atoms with Gasteiger partial charge in [-0.15, -0.1) is 0 Å². The summed E-state index contributed by atoms with van der Waals surface area (Å²) in [5.41, 5.74) is 14.1. The fourth-order valence-electron chi connectivity index (χ4n) is 8.59. The zero-order chi connectivity index (χ0) is 37.3. The summed E-state index contributed by atoms with van der Waals surface area (Å²) >= 11 is 0. The number of aromatic nitrogens is 4. The molecule has 0 unspecified atom stereocenters. The number of hydrogen-bond donors (Lipinski definition) is 0. The van der Waals surface area contributed by atoms with Crippen LogP contribution in [0.2, 0.25) is 0 Å². The number of furan rings is 1. The minimum atomic E-state index is 0.634. The van der Waals surface area contributed by atoms with Crippen molar-refractivity contribution >= 4 is 60.8 Å². The van der Waals surface area contributed by atoms with Gasteiger partial charge in [0.15, 0.2) is 11.4 Å². The lowest BCUT2D eigenvalue weighted by molar-refractivity contribution is 0.577. The zero-order valence-corrected chi connectivity index (χ0v) is 30.6. The van der Waals surface area contributed by atoms with Crippen molar-refractivity contribution in [2.75, 3.05) is 0 Å². The van der Waals surface area contributed by atoms with E-state index in [2.05, 4.69) is 167 Å². The van der Waals surface area contributed by atoms with Gasteiger partial charge in [0.1, 0.15) is 17.0 Å². The Morgan fingerprint density at radius 1 is 0.518 bits per heavy atom. The van der Waals surface area contributed by atoms with Gasteiger partial charge in [0.2, 0.25) is 0 Å². The molecule has 0 radical (unpaired) electrons. The summed E-state index contributed by atoms with van der Waals surface area (Å²) in [6.07, 6.45) is 1.82. The molecule has 11 aromatic rings. The standard InChI is InChI=1S/C51H34N4O/c1-3-38-32(2)56-50-48(33-16-6-4-7-17-33)52-51(53-49(38)50)35-19-14-18-34(30-35)39-24-15-27-46-47(39)42-31-37(28-29-45(42)54(46)36-20-8-5-9-21-36)55-43-25-12-10-22-40(43)41-23-11-13-26-44(41)55/h3-31H,1H2,2H3. The third kappa shape index (κ3) is 4.81. The Kier molecular flexibility index (Phi) is 7.16. The summed E-state index contributed by atoms with van der Waals surface area (Å²) in [6.45, 7) is 6.03. The van der Waals surface area contributed by atoms with Crippen molar-refractivity contribution in [3.05, 3.63) is 188 Å². The normalized spacial score (nSPS) is 11.7. The van der Waals surface area contributed by atoms with Crippen LogP contribution in [0.3, 0.4) is 0 Å². The summed E-state index contributed by atoms with van der Waals surface area (Å²) in [5, 5.41) is 4.85. The Morgan fingerprint density at radius 2 is 1.12 bits per heavy atom. The maximum Gasteiger partial charge on any atom is 0.179 e. The lowest BCUT2D eigenvalue weighted by atomic mass is 9.97. The molecular weight excluding hydrogens is 685 g/mol. The third-order valence-electron chi connectivity index (χ3n) is 11.1. The van der Waals surface area contributed by atoms with Crippen molar-refractivity contribution < 1.29 is 4.42 Å². The van der Waals surface area contributed by atoms with Gasteiger partial charge in [-0.05, 0) is 72.6 Å². The predicted octanol–water partition coefficient (Wildman–Crippen LogP) is 13.4. The molecule has 56 heavy (non-hydrogen) atoms. The average Bonchev–Trinajstić information content (AvgIpc) is 3.90. The summed E-state index contributed by atoms with van der Waals surface area (Å²) in [6, 6.07) is 60.3. The monoisotopic (exact) mass is 718 g/mol. The molecule has 4 heterocycles. The van der Waals surface area contributed by atoms with Crippen LogP contribution in [-0.4, -0.2) is 19.1 Å². The van der Waals surface area contributed by atoms with Crippen LogP contribution in [0.5, 0.6) is 0 Å². The lowest BCUT2D eigenvalue weighted by Gasteiger charge is -2.10. The highest BCUT2D eigenvalue weighted by molar-refractivity contribution is 6.17. The molecule has 0 amide bonds. The molecule has 0 aliphatic carbocycles. The lowest BCUT2D eigenvalue weighted by Crippen LogP contribution is -1.95. The summed E-state index contributed by atoms with van der Waals surface area (Å²) in [7, 11) is 0. The van der Waals surface area contributed by atoms with E-state index >= 15 is 0 Å². The number of benzene rings is 7. The van der Waals surface area contributed by atoms with Crippen LogP contribution in [0.15, 0.2) is 181 Å². The van der Waals surface area contributed by atoms with E-state index in [1.54, 1.807) is 0 Å². The van der Waals surface area contributed by atoms with Gasteiger partial charge in [-0.3, -0.25) is 0 Å². The first-order valence-electron chi connectivity index (χ1n) is 18.9. The largest absolute Gasteiger partial charge is 0.457 e. The topological polar surface area (TPSA) is 48.8 Å². The van der Waals surface area contributed by atoms with Crippen LogP contribution in [0, 0.1) is 6.92 Å². The van der Waals surface area contributed by atoms with Crippen LogP contribution in [0.1, 0.15) is 11.3 Å². The van der Waals surface area contributed by atoms with E-state index in [1.165, 1.54) is 32.6 Å². The fraction of sp³-hybridized carbons (Fsp3) is 0.0196. The Labute approximate surface area is 323 Å². The molecule has 0 atom stereocenters. The molecule has 264 valence electrons. The number of rotatable bonds is 6. The number of fused-ring (bicyclic) bond motifs is 7. The van der Waals surface area contributed by atoms with E-state index in [4.69, 9.17) is 14.4 Å². The molecule has 5 heteroatoms. The van der Waals surface area contributed by atoms with Gasteiger partial charge in [0.05, 0.1) is 22.1 Å². The molecule has 0 saturated heterocycles. The molecule has 0 fully saturated rings.